The first-order valence-corrected chi connectivity index (χ1v) is 8.22. The van der Waals surface area contributed by atoms with E-state index in [4.69, 9.17) is 0 Å². The van der Waals surface area contributed by atoms with Crippen molar-refractivity contribution in [2.24, 2.45) is 5.92 Å². The van der Waals surface area contributed by atoms with Crippen LogP contribution in [0.4, 0.5) is 0 Å². The Labute approximate surface area is 122 Å². The maximum absolute atomic E-state index is 12.6. The summed E-state index contributed by atoms with van der Waals surface area (Å²) in [5, 5.41) is 0.734. The standard InChI is InChI=1S/C14H19N3O2S/c18-12-5-6-15-14-17(12)9-11(10-20-14)13(19)16-7-3-1-2-4-8-16/h5-6,11H,1-4,7-10H2. The summed E-state index contributed by atoms with van der Waals surface area (Å²) in [7, 11) is 0. The minimum absolute atomic E-state index is 0.0594. The number of aromatic nitrogens is 2. The van der Waals surface area contributed by atoms with Gasteiger partial charge < -0.3 is 4.90 Å². The summed E-state index contributed by atoms with van der Waals surface area (Å²) in [6.07, 6.45) is 6.18. The van der Waals surface area contributed by atoms with Crippen LogP contribution in [0.15, 0.2) is 22.2 Å². The third kappa shape index (κ3) is 2.75. The Morgan fingerprint density at radius 2 is 2.00 bits per heavy atom. The van der Waals surface area contributed by atoms with Gasteiger partial charge in [-0.05, 0) is 12.8 Å². The molecule has 3 rings (SSSR count). The van der Waals surface area contributed by atoms with Crippen molar-refractivity contribution in [1.29, 1.82) is 0 Å². The van der Waals surface area contributed by atoms with E-state index in [1.165, 1.54) is 36.9 Å². The third-order valence-electron chi connectivity index (χ3n) is 3.98. The Bertz CT molecular complexity index is 550. The molecule has 1 amide bonds. The zero-order valence-electron chi connectivity index (χ0n) is 11.5. The van der Waals surface area contributed by atoms with Gasteiger partial charge in [-0.1, -0.05) is 24.6 Å². The molecule has 0 radical (unpaired) electrons. The number of amides is 1. The minimum Gasteiger partial charge on any atom is -0.342 e. The summed E-state index contributed by atoms with van der Waals surface area (Å²) in [6.45, 7) is 2.22. The summed E-state index contributed by atoms with van der Waals surface area (Å²) in [4.78, 5) is 30.6. The third-order valence-corrected chi connectivity index (χ3v) is 5.14. The number of nitrogens with zero attached hydrogens (tertiary/aromatic N) is 3. The predicted octanol–water partition coefficient (Wildman–Crippen LogP) is 1.37. The molecule has 2 aliphatic heterocycles. The highest BCUT2D eigenvalue weighted by atomic mass is 32.2. The number of likely N-dealkylation sites (tertiary alicyclic amines) is 1. The number of hydrogen-bond donors (Lipinski definition) is 0. The predicted molar refractivity (Wildman–Crippen MR) is 77.8 cm³/mol. The summed E-state index contributed by atoms with van der Waals surface area (Å²) < 4.78 is 1.63. The molecule has 0 N–H and O–H groups in total. The van der Waals surface area contributed by atoms with Gasteiger partial charge in [0.1, 0.15) is 0 Å². The highest BCUT2D eigenvalue weighted by Crippen LogP contribution is 2.26. The minimum atomic E-state index is -0.0903. The molecule has 1 aromatic heterocycles. The average molecular weight is 293 g/mol. The highest BCUT2D eigenvalue weighted by molar-refractivity contribution is 7.99. The first-order chi connectivity index (χ1) is 9.75. The first-order valence-electron chi connectivity index (χ1n) is 7.23. The van der Waals surface area contributed by atoms with Crippen molar-refractivity contribution in [3.63, 3.8) is 0 Å². The largest absolute Gasteiger partial charge is 0.342 e. The normalized spacial score (nSPS) is 23.0. The molecule has 0 spiro atoms. The van der Waals surface area contributed by atoms with Crippen LogP contribution in [0.5, 0.6) is 0 Å². The monoisotopic (exact) mass is 293 g/mol. The Balaban J connectivity index is 1.74. The molecule has 3 heterocycles. The van der Waals surface area contributed by atoms with Crippen LogP contribution in [0.25, 0.3) is 0 Å². The maximum atomic E-state index is 12.6. The molecule has 5 nitrogen and oxygen atoms in total. The van der Waals surface area contributed by atoms with E-state index in [0.717, 1.165) is 36.8 Å². The van der Waals surface area contributed by atoms with Crippen LogP contribution < -0.4 is 5.56 Å². The van der Waals surface area contributed by atoms with Crippen molar-refractivity contribution in [3.05, 3.63) is 22.6 Å². The van der Waals surface area contributed by atoms with E-state index >= 15 is 0 Å². The SMILES string of the molecule is O=C(C1CSc2nccc(=O)n2C1)N1CCCCCC1. The van der Waals surface area contributed by atoms with Gasteiger partial charge in [0.15, 0.2) is 5.16 Å². The summed E-state index contributed by atoms with van der Waals surface area (Å²) in [6, 6.07) is 1.46. The lowest BCUT2D eigenvalue weighted by Gasteiger charge is -2.29. The molecule has 108 valence electrons. The molecule has 6 heteroatoms. The average Bonchev–Trinajstić information content (AvgIpc) is 2.76. The Morgan fingerprint density at radius 1 is 1.25 bits per heavy atom. The van der Waals surface area contributed by atoms with Gasteiger partial charge in [0, 0.05) is 37.7 Å². The van der Waals surface area contributed by atoms with Crippen molar-refractivity contribution in [3.8, 4) is 0 Å². The summed E-state index contributed by atoms with van der Waals surface area (Å²) in [5.74, 6) is 0.847. The van der Waals surface area contributed by atoms with E-state index in [2.05, 4.69) is 4.98 Å². The van der Waals surface area contributed by atoms with E-state index in [1.807, 2.05) is 4.90 Å². The molecular formula is C14H19N3O2S. The number of thioether (sulfide) groups is 1. The van der Waals surface area contributed by atoms with Gasteiger partial charge in [-0.15, -0.1) is 0 Å². The van der Waals surface area contributed by atoms with Crippen LogP contribution in [0, 0.1) is 5.92 Å². The molecule has 0 bridgehead atoms. The molecule has 0 aliphatic carbocycles. The number of rotatable bonds is 1. The van der Waals surface area contributed by atoms with Crippen LogP contribution in [0.2, 0.25) is 0 Å². The van der Waals surface area contributed by atoms with Crippen LogP contribution >= 0.6 is 11.8 Å². The quantitative estimate of drug-likeness (QED) is 0.734. The van der Waals surface area contributed by atoms with E-state index in [1.54, 1.807) is 4.57 Å². The Hall–Kier alpha value is -1.30. The zero-order valence-corrected chi connectivity index (χ0v) is 12.3. The number of carbonyl (C=O) groups excluding carboxylic acids is 1. The van der Waals surface area contributed by atoms with Gasteiger partial charge in [-0.25, -0.2) is 4.98 Å². The number of carbonyl (C=O) groups is 1. The molecule has 0 saturated carbocycles. The van der Waals surface area contributed by atoms with Crippen LogP contribution in [0.3, 0.4) is 0 Å². The lowest BCUT2D eigenvalue weighted by Crippen LogP contribution is -2.42. The molecular weight excluding hydrogens is 274 g/mol. The summed E-state index contributed by atoms with van der Waals surface area (Å²) >= 11 is 1.51. The van der Waals surface area contributed by atoms with Crippen molar-refractivity contribution in [2.75, 3.05) is 18.8 Å². The van der Waals surface area contributed by atoms with Crippen LogP contribution in [0.1, 0.15) is 25.7 Å². The molecule has 1 saturated heterocycles. The lowest BCUT2D eigenvalue weighted by molar-refractivity contribution is -0.135. The number of hydrogen-bond acceptors (Lipinski definition) is 4. The van der Waals surface area contributed by atoms with Gasteiger partial charge in [0.2, 0.25) is 5.91 Å². The van der Waals surface area contributed by atoms with Gasteiger partial charge in [0.25, 0.3) is 5.56 Å². The van der Waals surface area contributed by atoms with E-state index in [0.29, 0.717) is 6.54 Å². The zero-order chi connectivity index (χ0) is 13.9. The van der Waals surface area contributed by atoms with Crippen molar-refractivity contribution < 1.29 is 4.79 Å². The maximum Gasteiger partial charge on any atom is 0.254 e. The molecule has 1 atom stereocenters. The van der Waals surface area contributed by atoms with Crippen LogP contribution in [-0.2, 0) is 11.3 Å². The topological polar surface area (TPSA) is 55.2 Å². The highest BCUT2D eigenvalue weighted by Gasteiger charge is 2.29. The van der Waals surface area contributed by atoms with E-state index in [-0.39, 0.29) is 17.4 Å². The fraction of sp³-hybridized carbons (Fsp3) is 0.643. The Morgan fingerprint density at radius 3 is 2.75 bits per heavy atom. The van der Waals surface area contributed by atoms with Crippen molar-refractivity contribution in [1.82, 2.24) is 14.5 Å². The van der Waals surface area contributed by atoms with Gasteiger partial charge in [-0.2, -0.15) is 0 Å². The second kappa shape index (κ2) is 5.99. The van der Waals surface area contributed by atoms with E-state index < -0.39 is 0 Å². The Kier molecular flexibility index (Phi) is 4.10. The van der Waals surface area contributed by atoms with Crippen LogP contribution in [-0.4, -0.2) is 39.2 Å². The first kappa shape index (κ1) is 13.7. The van der Waals surface area contributed by atoms with Gasteiger partial charge in [-0.3, -0.25) is 14.2 Å². The molecule has 0 aromatic carbocycles. The number of fused-ring (bicyclic) bond motifs is 1. The van der Waals surface area contributed by atoms with Gasteiger partial charge >= 0.3 is 0 Å². The van der Waals surface area contributed by atoms with Gasteiger partial charge in [0.05, 0.1) is 5.92 Å². The molecule has 1 unspecified atom stereocenters. The van der Waals surface area contributed by atoms with Crippen molar-refractivity contribution >= 4 is 17.7 Å². The van der Waals surface area contributed by atoms with E-state index in [9.17, 15) is 9.59 Å². The fourth-order valence-electron chi connectivity index (χ4n) is 2.85. The molecule has 1 fully saturated rings. The van der Waals surface area contributed by atoms with Crippen molar-refractivity contribution in [2.45, 2.75) is 37.4 Å². The second-order valence-corrected chi connectivity index (χ2v) is 6.41. The summed E-state index contributed by atoms with van der Waals surface area (Å²) in [5.41, 5.74) is -0.0594. The molecule has 2 aliphatic rings. The fourth-order valence-corrected chi connectivity index (χ4v) is 3.90. The lowest BCUT2D eigenvalue weighted by atomic mass is 10.1. The second-order valence-electron chi connectivity index (χ2n) is 5.42. The molecule has 20 heavy (non-hydrogen) atoms. The molecule has 1 aromatic rings. The smallest absolute Gasteiger partial charge is 0.254 e.